The Kier molecular flexibility index (Phi) is 4.57. The molecule has 18 heavy (non-hydrogen) atoms. The molecule has 0 aromatic heterocycles. The van der Waals surface area contributed by atoms with Crippen LogP contribution < -0.4 is 10.6 Å². The zero-order valence-corrected chi connectivity index (χ0v) is 12.5. The van der Waals surface area contributed by atoms with E-state index < -0.39 is 0 Å². The molecular weight excluding hydrogens is 240 g/mol. The van der Waals surface area contributed by atoms with Gasteiger partial charge in [0.15, 0.2) is 0 Å². The number of thioether (sulfide) groups is 1. The molecule has 1 aromatic rings. The van der Waals surface area contributed by atoms with Crippen molar-refractivity contribution in [1.29, 1.82) is 0 Å². The summed E-state index contributed by atoms with van der Waals surface area (Å²) in [6, 6.07) is 6.73. The van der Waals surface area contributed by atoms with E-state index in [0.29, 0.717) is 11.2 Å². The lowest BCUT2D eigenvalue weighted by Gasteiger charge is -2.36. The molecule has 3 heteroatoms. The van der Waals surface area contributed by atoms with E-state index in [1.54, 1.807) is 0 Å². The highest BCUT2D eigenvalue weighted by atomic mass is 32.2. The van der Waals surface area contributed by atoms with Gasteiger partial charge in [-0.3, -0.25) is 0 Å². The molecule has 100 valence electrons. The lowest BCUT2D eigenvalue weighted by atomic mass is 10.00. The first kappa shape index (κ1) is 13.8. The summed E-state index contributed by atoms with van der Waals surface area (Å²) < 4.78 is 0. The molecule has 0 aliphatic carbocycles. The van der Waals surface area contributed by atoms with Crippen LogP contribution in [0.15, 0.2) is 23.1 Å². The smallest absolute Gasteiger partial charge is 0.0540 e. The standard InChI is InChI=1S/C15H24N2S/c1-11(2)13-6-4-7-14-15(13)17(9-5-8-16)10-12(3)18-14/h4,6-7,11-12H,5,8-10,16H2,1-3H3. The highest BCUT2D eigenvalue weighted by Crippen LogP contribution is 2.42. The molecular formula is C15H24N2S. The minimum Gasteiger partial charge on any atom is -0.369 e. The Bertz CT molecular complexity index is 403. The van der Waals surface area contributed by atoms with Gasteiger partial charge in [-0.2, -0.15) is 0 Å². The van der Waals surface area contributed by atoms with Crippen LogP contribution in [0.25, 0.3) is 0 Å². The van der Waals surface area contributed by atoms with E-state index in [-0.39, 0.29) is 0 Å². The molecule has 1 aromatic carbocycles. The fourth-order valence-corrected chi connectivity index (χ4v) is 3.78. The molecule has 1 aliphatic heterocycles. The van der Waals surface area contributed by atoms with Crippen molar-refractivity contribution < 1.29 is 0 Å². The lowest BCUT2D eigenvalue weighted by Crippen LogP contribution is -2.35. The van der Waals surface area contributed by atoms with Crippen LogP contribution >= 0.6 is 11.8 Å². The van der Waals surface area contributed by atoms with Gasteiger partial charge in [-0.05, 0) is 30.5 Å². The van der Waals surface area contributed by atoms with Crippen molar-refractivity contribution in [1.82, 2.24) is 0 Å². The first-order chi connectivity index (χ1) is 8.63. The SMILES string of the molecule is CC1CN(CCCN)c2c(cccc2C(C)C)S1. The number of para-hydroxylation sites is 1. The average molecular weight is 264 g/mol. The number of rotatable bonds is 4. The van der Waals surface area contributed by atoms with Crippen LogP contribution in [0.3, 0.4) is 0 Å². The molecule has 1 unspecified atom stereocenters. The maximum atomic E-state index is 5.67. The van der Waals surface area contributed by atoms with Crippen molar-refractivity contribution in [2.75, 3.05) is 24.5 Å². The fourth-order valence-electron chi connectivity index (χ4n) is 2.58. The van der Waals surface area contributed by atoms with Gasteiger partial charge in [0.1, 0.15) is 0 Å². The summed E-state index contributed by atoms with van der Waals surface area (Å²) in [6.45, 7) is 9.86. The van der Waals surface area contributed by atoms with Gasteiger partial charge in [0.2, 0.25) is 0 Å². The number of hydrogen-bond donors (Lipinski definition) is 1. The van der Waals surface area contributed by atoms with E-state index in [1.807, 2.05) is 11.8 Å². The number of anilines is 1. The van der Waals surface area contributed by atoms with Crippen molar-refractivity contribution in [2.45, 2.75) is 43.3 Å². The van der Waals surface area contributed by atoms with Crippen molar-refractivity contribution in [3.05, 3.63) is 23.8 Å². The number of fused-ring (bicyclic) bond motifs is 1. The van der Waals surface area contributed by atoms with E-state index in [2.05, 4.69) is 43.9 Å². The summed E-state index contributed by atoms with van der Waals surface area (Å²) in [5.74, 6) is 0.578. The highest BCUT2D eigenvalue weighted by Gasteiger charge is 2.25. The maximum absolute atomic E-state index is 5.67. The molecule has 1 heterocycles. The quantitative estimate of drug-likeness (QED) is 0.903. The monoisotopic (exact) mass is 264 g/mol. The van der Waals surface area contributed by atoms with Crippen molar-refractivity contribution >= 4 is 17.4 Å². The zero-order valence-electron chi connectivity index (χ0n) is 11.6. The van der Waals surface area contributed by atoms with E-state index in [1.165, 1.54) is 16.1 Å². The molecule has 2 N–H and O–H groups in total. The average Bonchev–Trinajstić information content (AvgIpc) is 2.34. The summed E-state index contributed by atoms with van der Waals surface area (Å²) in [4.78, 5) is 3.98. The Balaban J connectivity index is 2.37. The Hall–Kier alpha value is -0.670. The van der Waals surface area contributed by atoms with Crippen molar-refractivity contribution in [3.8, 4) is 0 Å². The van der Waals surface area contributed by atoms with Gasteiger partial charge in [-0.15, -0.1) is 11.8 Å². The topological polar surface area (TPSA) is 29.3 Å². The van der Waals surface area contributed by atoms with Gasteiger partial charge in [-0.25, -0.2) is 0 Å². The summed E-state index contributed by atoms with van der Waals surface area (Å²) >= 11 is 2.01. The van der Waals surface area contributed by atoms with Crippen LogP contribution in [0.4, 0.5) is 5.69 Å². The van der Waals surface area contributed by atoms with Crippen molar-refractivity contribution in [2.24, 2.45) is 5.73 Å². The fraction of sp³-hybridized carbons (Fsp3) is 0.600. The normalized spacial score (nSPS) is 19.2. The lowest BCUT2D eigenvalue weighted by molar-refractivity contribution is 0.703. The maximum Gasteiger partial charge on any atom is 0.0540 e. The van der Waals surface area contributed by atoms with Gasteiger partial charge < -0.3 is 10.6 Å². The van der Waals surface area contributed by atoms with E-state index in [0.717, 1.165) is 26.1 Å². The highest BCUT2D eigenvalue weighted by molar-refractivity contribution is 8.00. The third kappa shape index (κ3) is 2.83. The van der Waals surface area contributed by atoms with Crippen LogP contribution in [-0.4, -0.2) is 24.9 Å². The number of hydrogen-bond acceptors (Lipinski definition) is 3. The van der Waals surface area contributed by atoms with E-state index in [9.17, 15) is 0 Å². The van der Waals surface area contributed by atoms with E-state index >= 15 is 0 Å². The Labute approximate surface area is 115 Å². The van der Waals surface area contributed by atoms with Gasteiger partial charge in [0.25, 0.3) is 0 Å². The van der Waals surface area contributed by atoms with Crippen LogP contribution in [0.2, 0.25) is 0 Å². The van der Waals surface area contributed by atoms with Gasteiger partial charge in [0.05, 0.1) is 5.69 Å². The molecule has 0 amide bonds. The molecule has 0 saturated carbocycles. The first-order valence-corrected chi connectivity index (χ1v) is 7.76. The molecule has 0 spiro atoms. The summed E-state index contributed by atoms with van der Waals surface area (Å²) in [5.41, 5.74) is 8.60. The van der Waals surface area contributed by atoms with Crippen LogP contribution in [0.1, 0.15) is 38.7 Å². The first-order valence-electron chi connectivity index (χ1n) is 6.88. The number of nitrogens with two attached hydrogens (primary N) is 1. The van der Waals surface area contributed by atoms with Crippen LogP contribution in [0, 0.1) is 0 Å². The van der Waals surface area contributed by atoms with Gasteiger partial charge in [-0.1, -0.05) is 32.9 Å². The second kappa shape index (κ2) is 5.98. The minimum atomic E-state index is 0.578. The molecule has 1 aliphatic rings. The predicted molar refractivity (Wildman–Crippen MR) is 81.7 cm³/mol. The van der Waals surface area contributed by atoms with Gasteiger partial charge in [0, 0.05) is 23.2 Å². The Morgan fingerprint density at radius 1 is 1.44 bits per heavy atom. The summed E-state index contributed by atoms with van der Waals surface area (Å²) in [6.07, 6.45) is 1.07. The molecule has 0 fully saturated rings. The molecule has 1 atom stereocenters. The van der Waals surface area contributed by atoms with Crippen LogP contribution in [0.5, 0.6) is 0 Å². The molecule has 0 bridgehead atoms. The summed E-state index contributed by atoms with van der Waals surface area (Å²) in [5, 5.41) is 0.665. The minimum absolute atomic E-state index is 0.578. The molecule has 2 nitrogen and oxygen atoms in total. The summed E-state index contributed by atoms with van der Waals surface area (Å²) in [7, 11) is 0. The molecule has 0 radical (unpaired) electrons. The Morgan fingerprint density at radius 2 is 2.22 bits per heavy atom. The largest absolute Gasteiger partial charge is 0.369 e. The zero-order chi connectivity index (χ0) is 13.1. The molecule has 2 rings (SSSR count). The van der Waals surface area contributed by atoms with Crippen molar-refractivity contribution in [3.63, 3.8) is 0 Å². The number of benzene rings is 1. The van der Waals surface area contributed by atoms with Gasteiger partial charge >= 0.3 is 0 Å². The third-order valence-corrected chi connectivity index (χ3v) is 4.54. The van der Waals surface area contributed by atoms with E-state index in [4.69, 9.17) is 5.73 Å². The van der Waals surface area contributed by atoms with Crippen LogP contribution in [-0.2, 0) is 0 Å². The second-order valence-corrected chi connectivity index (χ2v) is 6.85. The second-order valence-electron chi connectivity index (χ2n) is 5.37. The molecule has 0 saturated heterocycles. The Morgan fingerprint density at radius 3 is 2.89 bits per heavy atom. The predicted octanol–water partition coefficient (Wildman–Crippen LogP) is 3.46. The third-order valence-electron chi connectivity index (χ3n) is 3.41. The number of nitrogens with zero attached hydrogens (tertiary/aromatic N) is 1.